The molecule has 0 fully saturated rings. The Morgan fingerprint density at radius 2 is 2.18 bits per heavy atom. The second kappa shape index (κ2) is 5.81. The molecule has 1 heterocycles. The maximum atomic E-state index is 11.3. The number of aliphatic hydroxyl groups is 1. The summed E-state index contributed by atoms with van der Waals surface area (Å²) in [7, 11) is -3.87. The molecule has 0 spiro atoms. The van der Waals surface area contributed by atoms with Crippen LogP contribution in [-0.4, -0.2) is 20.1 Å². The molecule has 0 saturated heterocycles. The van der Waals surface area contributed by atoms with Crippen LogP contribution in [0, 0.1) is 11.3 Å². The fraction of sp³-hybridized carbons (Fsp3) is 0.214. The second-order valence-electron chi connectivity index (χ2n) is 4.97. The third-order valence-corrected chi connectivity index (χ3v) is 4.03. The van der Waals surface area contributed by atoms with Gasteiger partial charge in [-0.3, -0.25) is 0 Å². The lowest BCUT2D eigenvalue weighted by Gasteiger charge is -2.22. The van der Waals surface area contributed by atoms with E-state index in [0.717, 1.165) is 0 Å². The minimum absolute atomic E-state index is 0.0733. The smallest absolute Gasteiger partial charge is 0.238 e. The van der Waals surface area contributed by atoms with Gasteiger partial charge in [-0.2, -0.15) is 5.26 Å². The number of nitriles is 1. The maximum Gasteiger partial charge on any atom is 0.238 e. The van der Waals surface area contributed by atoms with Gasteiger partial charge < -0.3 is 14.8 Å². The normalized spacial score (nSPS) is 14.1. The molecule has 1 aromatic carbocycles. The summed E-state index contributed by atoms with van der Waals surface area (Å²) < 4.78 is 27.7. The number of primary sulfonamides is 1. The van der Waals surface area contributed by atoms with E-state index in [1.54, 1.807) is 19.1 Å². The summed E-state index contributed by atoms with van der Waals surface area (Å²) in [5.41, 5.74) is -0.780. The highest BCUT2D eigenvalue weighted by Gasteiger charge is 2.26. The van der Waals surface area contributed by atoms with Gasteiger partial charge in [-0.25, -0.2) is 13.6 Å². The Morgan fingerprint density at radius 3 is 2.73 bits per heavy atom. The Labute approximate surface area is 128 Å². The van der Waals surface area contributed by atoms with Gasteiger partial charge in [0.25, 0.3) is 0 Å². The number of benzene rings is 1. The average Bonchev–Trinajstić information content (AvgIpc) is 2.99. The Bertz CT molecular complexity index is 805. The molecule has 22 heavy (non-hydrogen) atoms. The monoisotopic (exact) mass is 321 g/mol. The van der Waals surface area contributed by atoms with Crippen molar-refractivity contribution in [3.05, 3.63) is 47.9 Å². The number of sulfonamides is 1. The molecule has 0 amide bonds. The molecule has 0 saturated carbocycles. The first-order valence-corrected chi connectivity index (χ1v) is 7.86. The molecule has 1 aromatic heterocycles. The highest BCUT2D eigenvalue weighted by molar-refractivity contribution is 7.89. The number of nitrogens with zero attached hydrogens (tertiary/aromatic N) is 1. The van der Waals surface area contributed by atoms with Gasteiger partial charge in [0.15, 0.2) is 0 Å². The fourth-order valence-electron chi connectivity index (χ4n) is 1.89. The molecule has 4 N–H and O–H groups in total. The van der Waals surface area contributed by atoms with Crippen LogP contribution in [-0.2, 0) is 15.6 Å². The summed E-state index contributed by atoms with van der Waals surface area (Å²) in [6.45, 7) is 1.63. The van der Waals surface area contributed by atoms with Crippen molar-refractivity contribution in [2.75, 3.05) is 11.9 Å². The standard InChI is InChI=1S/C14H15N3O4S/c1-14(18,13-3-2-6-21-13)9-17-12-5-4-11(22(16,19)20)7-10(12)8-15/h2-7,17-18H,9H2,1H3,(H2,16,19,20). The Hall–Kier alpha value is -2.34. The highest BCUT2D eigenvalue weighted by atomic mass is 32.2. The molecule has 0 radical (unpaired) electrons. The van der Waals surface area contributed by atoms with Crippen molar-refractivity contribution in [3.8, 4) is 6.07 Å². The lowest BCUT2D eigenvalue weighted by Crippen LogP contribution is -2.30. The predicted molar refractivity (Wildman–Crippen MR) is 79.3 cm³/mol. The van der Waals surface area contributed by atoms with E-state index in [-0.39, 0.29) is 17.0 Å². The number of hydrogen-bond acceptors (Lipinski definition) is 6. The quantitative estimate of drug-likeness (QED) is 0.756. The summed E-state index contributed by atoms with van der Waals surface area (Å²) in [5.74, 6) is 0.375. The van der Waals surface area contributed by atoms with Crippen molar-refractivity contribution in [1.29, 1.82) is 5.26 Å². The molecule has 1 unspecified atom stereocenters. The van der Waals surface area contributed by atoms with Gasteiger partial charge in [-0.1, -0.05) is 0 Å². The van der Waals surface area contributed by atoms with E-state index in [4.69, 9.17) is 14.8 Å². The van der Waals surface area contributed by atoms with Gasteiger partial charge in [0.1, 0.15) is 17.4 Å². The molecular weight excluding hydrogens is 306 g/mol. The van der Waals surface area contributed by atoms with Crippen molar-refractivity contribution >= 4 is 15.7 Å². The molecule has 0 aliphatic carbocycles. The number of hydrogen-bond donors (Lipinski definition) is 3. The first-order chi connectivity index (χ1) is 10.2. The predicted octanol–water partition coefficient (Wildman–Crippen LogP) is 1.12. The summed E-state index contributed by atoms with van der Waals surface area (Å²) in [5, 5.41) is 27.4. The van der Waals surface area contributed by atoms with Crippen molar-refractivity contribution in [2.24, 2.45) is 5.14 Å². The van der Waals surface area contributed by atoms with Crippen molar-refractivity contribution in [1.82, 2.24) is 0 Å². The summed E-state index contributed by atoms with van der Waals surface area (Å²) in [6, 6.07) is 9.08. The lowest BCUT2D eigenvalue weighted by atomic mass is 10.0. The van der Waals surface area contributed by atoms with E-state index in [0.29, 0.717) is 11.4 Å². The van der Waals surface area contributed by atoms with Crippen LogP contribution in [0.5, 0.6) is 0 Å². The van der Waals surface area contributed by atoms with Gasteiger partial charge >= 0.3 is 0 Å². The van der Waals surface area contributed by atoms with Crippen molar-refractivity contribution in [2.45, 2.75) is 17.4 Å². The average molecular weight is 321 g/mol. The van der Waals surface area contributed by atoms with E-state index in [1.165, 1.54) is 24.5 Å². The third-order valence-electron chi connectivity index (χ3n) is 3.12. The Balaban J connectivity index is 2.22. The Morgan fingerprint density at radius 1 is 1.45 bits per heavy atom. The fourth-order valence-corrected chi connectivity index (χ4v) is 2.43. The molecule has 7 nitrogen and oxygen atoms in total. The van der Waals surface area contributed by atoms with E-state index < -0.39 is 15.6 Å². The van der Waals surface area contributed by atoms with Gasteiger partial charge in [-0.15, -0.1) is 0 Å². The zero-order chi connectivity index (χ0) is 16.4. The minimum Gasteiger partial charge on any atom is -0.466 e. The first kappa shape index (κ1) is 16.0. The minimum atomic E-state index is -3.87. The van der Waals surface area contributed by atoms with E-state index in [9.17, 15) is 13.5 Å². The topological polar surface area (TPSA) is 129 Å². The van der Waals surface area contributed by atoms with E-state index >= 15 is 0 Å². The van der Waals surface area contributed by atoms with Crippen LogP contribution in [0.2, 0.25) is 0 Å². The zero-order valence-corrected chi connectivity index (χ0v) is 12.6. The van der Waals surface area contributed by atoms with Crippen LogP contribution >= 0.6 is 0 Å². The van der Waals surface area contributed by atoms with Crippen LogP contribution in [0.1, 0.15) is 18.2 Å². The molecule has 0 aliphatic rings. The number of rotatable bonds is 5. The summed E-state index contributed by atoms with van der Waals surface area (Å²) >= 11 is 0. The molecule has 0 aliphatic heterocycles. The van der Waals surface area contributed by atoms with Crippen LogP contribution in [0.25, 0.3) is 0 Å². The lowest BCUT2D eigenvalue weighted by molar-refractivity contribution is 0.0476. The molecule has 0 bridgehead atoms. The second-order valence-corrected chi connectivity index (χ2v) is 6.53. The number of anilines is 1. The molecule has 2 rings (SSSR count). The molecular formula is C14H15N3O4S. The van der Waals surface area contributed by atoms with Crippen LogP contribution in [0.15, 0.2) is 45.9 Å². The molecule has 116 valence electrons. The van der Waals surface area contributed by atoms with Crippen molar-refractivity contribution < 1.29 is 17.9 Å². The largest absolute Gasteiger partial charge is 0.466 e. The first-order valence-electron chi connectivity index (χ1n) is 6.31. The van der Waals surface area contributed by atoms with Gasteiger partial charge in [-0.05, 0) is 37.3 Å². The van der Waals surface area contributed by atoms with Gasteiger partial charge in [0, 0.05) is 0 Å². The number of nitrogens with one attached hydrogen (secondary N) is 1. The molecule has 8 heteroatoms. The summed E-state index contributed by atoms with van der Waals surface area (Å²) in [6.07, 6.45) is 1.45. The van der Waals surface area contributed by atoms with Gasteiger partial charge in [0.2, 0.25) is 10.0 Å². The van der Waals surface area contributed by atoms with Crippen molar-refractivity contribution in [3.63, 3.8) is 0 Å². The van der Waals surface area contributed by atoms with E-state index in [2.05, 4.69) is 5.32 Å². The summed E-state index contributed by atoms with van der Waals surface area (Å²) in [4.78, 5) is -0.146. The SMILES string of the molecule is CC(O)(CNc1ccc(S(N)(=O)=O)cc1C#N)c1ccco1. The van der Waals surface area contributed by atoms with Crippen LogP contribution < -0.4 is 10.5 Å². The third kappa shape index (κ3) is 3.46. The van der Waals surface area contributed by atoms with Gasteiger partial charge in [0.05, 0.1) is 29.0 Å². The number of nitrogens with two attached hydrogens (primary N) is 1. The van der Waals surface area contributed by atoms with E-state index in [1.807, 2.05) is 6.07 Å². The maximum absolute atomic E-state index is 11.3. The Kier molecular flexibility index (Phi) is 4.23. The molecule has 2 aromatic rings. The number of furan rings is 1. The zero-order valence-electron chi connectivity index (χ0n) is 11.8. The molecule has 1 atom stereocenters. The van der Waals surface area contributed by atoms with Crippen LogP contribution in [0.3, 0.4) is 0 Å². The van der Waals surface area contributed by atoms with Crippen LogP contribution in [0.4, 0.5) is 5.69 Å². The highest BCUT2D eigenvalue weighted by Crippen LogP contribution is 2.24.